The first kappa shape index (κ1) is 12.8. The van der Waals surface area contributed by atoms with Gasteiger partial charge in [0.15, 0.2) is 0 Å². The van der Waals surface area contributed by atoms with Gasteiger partial charge in [-0.25, -0.2) is 0 Å². The quantitative estimate of drug-likeness (QED) is 0.342. The smallest absolute Gasteiger partial charge is 0.0992 e. The van der Waals surface area contributed by atoms with E-state index in [1.165, 1.54) is 0 Å². The second-order valence-corrected chi connectivity index (χ2v) is 3.80. The largest absolute Gasteiger partial charge is 0.396 e. The lowest BCUT2D eigenvalue weighted by Gasteiger charge is -2.27. The monoisotopic (exact) mass is 221 g/mol. The van der Waals surface area contributed by atoms with Gasteiger partial charge >= 0.3 is 0 Å². The summed E-state index contributed by atoms with van der Waals surface area (Å²) in [6.45, 7) is -0.125. The van der Waals surface area contributed by atoms with E-state index in [0.29, 0.717) is 13.0 Å². The summed E-state index contributed by atoms with van der Waals surface area (Å²) in [5, 5.41) is 46.1. The topological polar surface area (TPSA) is 104 Å². The molecule has 0 aliphatic carbocycles. The van der Waals surface area contributed by atoms with Crippen LogP contribution in [0.2, 0.25) is 0 Å². The van der Waals surface area contributed by atoms with Gasteiger partial charge in [0.05, 0.1) is 37.5 Å². The first-order chi connectivity index (χ1) is 7.17. The molecule has 0 saturated carbocycles. The van der Waals surface area contributed by atoms with Crippen molar-refractivity contribution < 1.29 is 25.5 Å². The summed E-state index contributed by atoms with van der Waals surface area (Å²) in [5.41, 5.74) is 0. The van der Waals surface area contributed by atoms with Crippen LogP contribution in [0, 0.1) is 0 Å². The van der Waals surface area contributed by atoms with Crippen molar-refractivity contribution in [3.63, 3.8) is 0 Å². The van der Waals surface area contributed by atoms with Crippen LogP contribution in [0.1, 0.15) is 6.42 Å². The zero-order valence-corrected chi connectivity index (χ0v) is 8.53. The molecule has 6 nitrogen and oxygen atoms in total. The van der Waals surface area contributed by atoms with E-state index in [1.54, 1.807) is 4.90 Å². The predicted octanol–water partition coefficient (Wildman–Crippen LogP) is -2.87. The third kappa shape index (κ3) is 2.47. The summed E-state index contributed by atoms with van der Waals surface area (Å²) in [6.07, 6.45) is -1.62. The Labute approximate surface area is 88.4 Å². The molecule has 0 aromatic carbocycles. The van der Waals surface area contributed by atoms with E-state index >= 15 is 0 Å². The van der Waals surface area contributed by atoms with Crippen molar-refractivity contribution in [3.05, 3.63) is 0 Å². The minimum absolute atomic E-state index is 0.00100. The average Bonchev–Trinajstić information content (AvgIpc) is 2.48. The maximum atomic E-state index is 9.60. The minimum atomic E-state index is -1.05. The van der Waals surface area contributed by atoms with Crippen LogP contribution in [0.5, 0.6) is 0 Å². The Balaban J connectivity index is 2.68. The second-order valence-electron chi connectivity index (χ2n) is 3.80. The van der Waals surface area contributed by atoms with Crippen LogP contribution in [-0.2, 0) is 0 Å². The van der Waals surface area contributed by atoms with Crippen molar-refractivity contribution in [1.82, 2.24) is 4.90 Å². The number of likely N-dealkylation sites (tertiary alicyclic amines) is 1. The van der Waals surface area contributed by atoms with Crippen molar-refractivity contribution in [2.75, 3.05) is 26.4 Å². The molecule has 1 aliphatic rings. The molecule has 6 heteroatoms. The summed E-state index contributed by atoms with van der Waals surface area (Å²) in [5.74, 6) is 0. The number of hydrogen-bond acceptors (Lipinski definition) is 6. The Morgan fingerprint density at radius 2 is 1.33 bits per heavy atom. The minimum Gasteiger partial charge on any atom is -0.396 e. The van der Waals surface area contributed by atoms with Crippen molar-refractivity contribution in [2.24, 2.45) is 0 Å². The number of aliphatic hydroxyl groups is 5. The molecule has 5 N–H and O–H groups in total. The Bertz CT molecular complexity index is 175. The van der Waals surface area contributed by atoms with E-state index in [0.717, 1.165) is 0 Å². The highest BCUT2D eigenvalue weighted by Gasteiger charge is 2.46. The highest BCUT2D eigenvalue weighted by molar-refractivity contribution is 5.00. The Morgan fingerprint density at radius 1 is 0.867 bits per heavy atom. The van der Waals surface area contributed by atoms with E-state index in [9.17, 15) is 10.2 Å². The SMILES string of the molecule is OCCCN1C(CO)C(O)C(O)C1CO. The normalized spacial score (nSPS) is 37.4. The maximum absolute atomic E-state index is 9.60. The summed E-state index contributed by atoms with van der Waals surface area (Å²) >= 11 is 0. The lowest BCUT2D eigenvalue weighted by atomic mass is 10.1. The fourth-order valence-corrected chi connectivity index (χ4v) is 2.10. The van der Waals surface area contributed by atoms with Gasteiger partial charge in [0.2, 0.25) is 0 Å². The van der Waals surface area contributed by atoms with E-state index in [-0.39, 0.29) is 19.8 Å². The van der Waals surface area contributed by atoms with Gasteiger partial charge in [0.1, 0.15) is 0 Å². The fraction of sp³-hybridized carbons (Fsp3) is 1.00. The van der Waals surface area contributed by atoms with Crippen LogP contribution >= 0.6 is 0 Å². The van der Waals surface area contributed by atoms with Crippen LogP contribution in [0.15, 0.2) is 0 Å². The van der Waals surface area contributed by atoms with Gasteiger partial charge in [-0.3, -0.25) is 4.90 Å². The summed E-state index contributed by atoms with van der Waals surface area (Å²) in [6, 6.07) is -1.13. The molecule has 1 heterocycles. The van der Waals surface area contributed by atoms with Gasteiger partial charge < -0.3 is 25.5 Å². The van der Waals surface area contributed by atoms with Gasteiger partial charge in [-0.1, -0.05) is 0 Å². The molecule has 0 amide bonds. The van der Waals surface area contributed by atoms with Gasteiger partial charge in [0, 0.05) is 13.2 Å². The molecule has 1 rings (SSSR count). The number of rotatable bonds is 5. The molecule has 0 aromatic heterocycles. The van der Waals surface area contributed by atoms with Gasteiger partial charge in [-0.15, -0.1) is 0 Å². The van der Waals surface area contributed by atoms with Gasteiger partial charge in [0.25, 0.3) is 0 Å². The molecule has 1 aliphatic heterocycles. The first-order valence-corrected chi connectivity index (χ1v) is 5.11. The van der Waals surface area contributed by atoms with Crippen LogP contribution < -0.4 is 0 Å². The molecule has 1 saturated heterocycles. The summed E-state index contributed by atoms with van der Waals surface area (Å²) in [7, 11) is 0. The summed E-state index contributed by atoms with van der Waals surface area (Å²) in [4.78, 5) is 1.64. The standard InChI is InChI=1S/C9H19NO5/c11-3-1-2-10-6(4-12)8(14)9(15)7(10)5-13/h6-9,11-15H,1-5H2. The zero-order valence-electron chi connectivity index (χ0n) is 8.53. The van der Waals surface area contributed by atoms with Gasteiger partial charge in [-0.2, -0.15) is 0 Å². The summed E-state index contributed by atoms with van der Waals surface area (Å²) < 4.78 is 0. The highest BCUT2D eigenvalue weighted by Crippen LogP contribution is 2.24. The molecule has 0 aromatic rings. The van der Waals surface area contributed by atoms with Crippen molar-refractivity contribution in [1.29, 1.82) is 0 Å². The van der Waals surface area contributed by atoms with Crippen molar-refractivity contribution >= 4 is 0 Å². The van der Waals surface area contributed by atoms with Crippen molar-refractivity contribution in [3.8, 4) is 0 Å². The number of aliphatic hydroxyl groups excluding tert-OH is 5. The molecule has 15 heavy (non-hydrogen) atoms. The molecule has 4 atom stereocenters. The molecule has 0 bridgehead atoms. The molecule has 90 valence electrons. The predicted molar refractivity (Wildman–Crippen MR) is 52.2 cm³/mol. The van der Waals surface area contributed by atoms with E-state index < -0.39 is 24.3 Å². The Kier molecular flexibility index (Phi) is 4.91. The number of nitrogens with zero attached hydrogens (tertiary/aromatic N) is 1. The second kappa shape index (κ2) is 5.74. The zero-order chi connectivity index (χ0) is 11.4. The fourth-order valence-electron chi connectivity index (χ4n) is 2.10. The Morgan fingerprint density at radius 3 is 1.67 bits per heavy atom. The Hall–Kier alpha value is -0.240. The van der Waals surface area contributed by atoms with Crippen LogP contribution in [0.4, 0.5) is 0 Å². The lowest BCUT2D eigenvalue weighted by molar-refractivity contribution is 0.0130. The van der Waals surface area contributed by atoms with E-state index in [2.05, 4.69) is 0 Å². The highest BCUT2D eigenvalue weighted by atomic mass is 16.3. The molecular weight excluding hydrogens is 202 g/mol. The van der Waals surface area contributed by atoms with Crippen LogP contribution in [0.3, 0.4) is 0 Å². The molecule has 0 spiro atoms. The maximum Gasteiger partial charge on any atom is 0.0992 e. The van der Waals surface area contributed by atoms with Crippen LogP contribution in [-0.4, -0.2) is 81.1 Å². The molecule has 1 fully saturated rings. The first-order valence-electron chi connectivity index (χ1n) is 5.11. The average molecular weight is 221 g/mol. The van der Waals surface area contributed by atoms with Crippen molar-refractivity contribution in [2.45, 2.75) is 30.7 Å². The third-order valence-electron chi connectivity index (χ3n) is 2.94. The lowest BCUT2D eigenvalue weighted by Crippen LogP contribution is -2.43. The number of hydrogen-bond donors (Lipinski definition) is 5. The van der Waals surface area contributed by atoms with E-state index in [1.807, 2.05) is 0 Å². The molecule has 4 unspecified atom stereocenters. The van der Waals surface area contributed by atoms with E-state index in [4.69, 9.17) is 15.3 Å². The van der Waals surface area contributed by atoms with Crippen LogP contribution in [0.25, 0.3) is 0 Å². The molecule has 0 radical (unpaired) electrons. The molecular formula is C9H19NO5. The van der Waals surface area contributed by atoms with Gasteiger partial charge in [-0.05, 0) is 6.42 Å². The third-order valence-corrected chi connectivity index (χ3v) is 2.94.